The predicted octanol–water partition coefficient (Wildman–Crippen LogP) is 5.21. The van der Waals surface area contributed by atoms with Crippen molar-refractivity contribution < 1.29 is 9.90 Å². The van der Waals surface area contributed by atoms with Crippen molar-refractivity contribution in [3.8, 4) is 5.75 Å². The molecule has 1 aliphatic rings. The van der Waals surface area contributed by atoms with Gasteiger partial charge in [-0.3, -0.25) is 4.79 Å². The van der Waals surface area contributed by atoms with Gasteiger partial charge < -0.3 is 14.6 Å². The van der Waals surface area contributed by atoms with Crippen LogP contribution in [-0.2, 0) is 11.8 Å². The maximum atomic E-state index is 12.9. The smallest absolute Gasteiger partial charge is 0.258 e. The van der Waals surface area contributed by atoms with Gasteiger partial charge >= 0.3 is 0 Å². The summed E-state index contributed by atoms with van der Waals surface area (Å²) in [4.78, 5) is 14.5. The van der Waals surface area contributed by atoms with Gasteiger partial charge in [0.05, 0.1) is 16.8 Å². The van der Waals surface area contributed by atoms with E-state index in [9.17, 15) is 9.90 Å². The quantitative estimate of drug-likeness (QED) is 0.455. The van der Waals surface area contributed by atoms with Crippen molar-refractivity contribution in [3.63, 3.8) is 0 Å². The molecule has 0 radical (unpaired) electrons. The van der Waals surface area contributed by atoms with E-state index >= 15 is 0 Å². The van der Waals surface area contributed by atoms with E-state index in [0.717, 1.165) is 32.9 Å². The number of carbonyl (C=O) groups excluding carboxylic acids is 1. The number of halogens is 1. The summed E-state index contributed by atoms with van der Waals surface area (Å²) in [6.07, 6.45) is 1.84. The van der Waals surface area contributed by atoms with Crippen LogP contribution in [0, 0.1) is 0 Å². The molecule has 0 spiro atoms. The van der Waals surface area contributed by atoms with Crippen molar-refractivity contribution in [2.24, 2.45) is 7.05 Å². The largest absolute Gasteiger partial charge is 0.508 e. The van der Waals surface area contributed by atoms with Crippen molar-refractivity contribution in [3.05, 3.63) is 70.9 Å². The third kappa shape index (κ3) is 2.21. The number of phenolic OH excluding ortho intramolecular Hbond substituents is 1. The third-order valence-corrected chi connectivity index (χ3v) is 5.96. The Morgan fingerprint density at radius 2 is 1.79 bits per heavy atom. The number of anilines is 1. The number of amides is 1. The first-order valence-corrected chi connectivity index (χ1v) is 9.34. The number of hydrogen-bond donors (Lipinski definition) is 1. The Balaban J connectivity index is 1.82. The van der Waals surface area contributed by atoms with Crippen LogP contribution in [0.15, 0.2) is 54.6 Å². The second kappa shape index (κ2) is 5.88. The Labute approximate surface area is 166 Å². The van der Waals surface area contributed by atoms with Gasteiger partial charge in [0.25, 0.3) is 5.91 Å². The second-order valence-corrected chi connectivity index (χ2v) is 7.43. The van der Waals surface area contributed by atoms with Crippen molar-refractivity contribution in [2.45, 2.75) is 0 Å². The van der Waals surface area contributed by atoms with Crippen LogP contribution >= 0.6 is 11.6 Å². The van der Waals surface area contributed by atoms with E-state index < -0.39 is 0 Å². The zero-order valence-electron chi connectivity index (χ0n) is 15.4. The normalized spacial score (nSPS) is 15.2. The highest BCUT2D eigenvalue weighted by Crippen LogP contribution is 2.41. The Hall–Kier alpha value is -3.24. The molecule has 1 aromatic heterocycles. The predicted molar refractivity (Wildman–Crippen MR) is 115 cm³/mol. The second-order valence-electron chi connectivity index (χ2n) is 7.07. The minimum Gasteiger partial charge on any atom is -0.508 e. The molecule has 4 aromatic rings. The number of hydrogen-bond acceptors (Lipinski definition) is 2. The number of rotatable bonds is 1. The van der Waals surface area contributed by atoms with Gasteiger partial charge in [-0.1, -0.05) is 48.0 Å². The van der Waals surface area contributed by atoms with E-state index in [1.807, 2.05) is 35.9 Å². The first-order valence-electron chi connectivity index (χ1n) is 8.96. The van der Waals surface area contributed by atoms with Gasteiger partial charge in [0.1, 0.15) is 10.9 Å². The fourth-order valence-electron chi connectivity index (χ4n) is 4.08. The molecule has 4 nitrogen and oxygen atoms in total. The Morgan fingerprint density at radius 1 is 1.00 bits per heavy atom. The number of carbonyl (C=O) groups is 1. The van der Waals surface area contributed by atoms with Gasteiger partial charge in [0, 0.05) is 36.0 Å². The average Bonchev–Trinajstić information content (AvgIpc) is 3.08. The summed E-state index contributed by atoms with van der Waals surface area (Å²) < 4.78 is 1.96. The van der Waals surface area contributed by atoms with E-state index in [2.05, 4.69) is 18.2 Å². The van der Waals surface area contributed by atoms with Gasteiger partial charge in [0.15, 0.2) is 0 Å². The highest BCUT2D eigenvalue weighted by molar-refractivity contribution is 6.39. The minimum absolute atomic E-state index is 0.116. The molecule has 0 bridgehead atoms. The molecule has 1 aliphatic heterocycles. The number of fused-ring (bicyclic) bond motifs is 4. The number of nitrogens with zero attached hydrogens (tertiary/aromatic N) is 2. The maximum absolute atomic E-state index is 12.9. The van der Waals surface area contributed by atoms with E-state index in [4.69, 9.17) is 11.6 Å². The molecular formula is C23H17ClN2O2. The number of phenols is 1. The van der Waals surface area contributed by atoms with Gasteiger partial charge in [-0.2, -0.15) is 0 Å². The number of benzene rings is 3. The number of aryl methyl sites for hydroxylation is 1. The summed E-state index contributed by atoms with van der Waals surface area (Å²) in [5, 5.41) is 13.7. The van der Waals surface area contributed by atoms with Crippen molar-refractivity contribution in [1.82, 2.24) is 4.57 Å². The molecule has 0 aliphatic carbocycles. The summed E-state index contributed by atoms with van der Waals surface area (Å²) in [6, 6.07) is 17.2. The molecule has 138 valence electrons. The standard InChI is InChI=1S/C23H17ClN2O2/c1-25-20-10-8-14(27)11-17(20)19(23(25)28)12-18-16-9-7-13-5-3-4-6-15(13)21(16)26(2)22(18)24/h3-12,27H,1-2H3/b19-12+. The van der Waals surface area contributed by atoms with Crippen LogP contribution < -0.4 is 4.90 Å². The first-order chi connectivity index (χ1) is 13.5. The zero-order chi connectivity index (χ0) is 19.6. The average molecular weight is 389 g/mol. The molecule has 0 fully saturated rings. The summed E-state index contributed by atoms with van der Waals surface area (Å²) in [5.41, 5.74) is 3.84. The van der Waals surface area contributed by atoms with Crippen LogP contribution in [-0.4, -0.2) is 22.6 Å². The van der Waals surface area contributed by atoms with Gasteiger partial charge in [0.2, 0.25) is 0 Å². The Bertz CT molecular complexity index is 1330. The molecule has 0 saturated carbocycles. The molecule has 5 rings (SSSR count). The van der Waals surface area contributed by atoms with Crippen LogP contribution in [0.3, 0.4) is 0 Å². The molecule has 5 heteroatoms. The molecular weight excluding hydrogens is 372 g/mol. The third-order valence-electron chi connectivity index (χ3n) is 5.50. The molecule has 3 aromatic carbocycles. The molecule has 28 heavy (non-hydrogen) atoms. The minimum atomic E-state index is -0.116. The summed E-state index contributed by atoms with van der Waals surface area (Å²) in [5.74, 6) is 0.0113. The molecule has 1 amide bonds. The first kappa shape index (κ1) is 16.9. The Kier molecular flexibility index (Phi) is 3.55. The van der Waals surface area contributed by atoms with Crippen molar-refractivity contribution >= 4 is 56.5 Å². The lowest BCUT2D eigenvalue weighted by Crippen LogP contribution is -2.20. The van der Waals surface area contributed by atoms with Gasteiger partial charge in [-0.05, 0) is 29.7 Å². The van der Waals surface area contributed by atoms with Crippen LogP contribution in [0.4, 0.5) is 5.69 Å². The fraction of sp³-hybridized carbons (Fsp3) is 0.0870. The SMILES string of the molecule is CN1C(=O)/C(=C/c2c(Cl)n(C)c3c2ccc2ccccc23)c2cc(O)ccc21. The number of aromatic nitrogens is 1. The van der Waals surface area contributed by atoms with Crippen LogP contribution in [0.25, 0.3) is 33.3 Å². The molecule has 0 unspecified atom stereocenters. The Morgan fingerprint density at radius 3 is 2.61 bits per heavy atom. The maximum Gasteiger partial charge on any atom is 0.258 e. The van der Waals surface area contributed by atoms with E-state index in [-0.39, 0.29) is 11.7 Å². The van der Waals surface area contributed by atoms with Crippen LogP contribution in [0.1, 0.15) is 11.1 Å². The van der Waals surface area contributed by atoms with Gasteiger partial charge in [-0.15, -0.1) is 0 Å². The lowest BCUT2D eigenvalue weighted by atomic mass is 10.0. The number of aromatic hydroxyl groups is 1. The highest BCUT2D eigenvalue weighted by Gasteiger charge is 2.30. The monoisotopic (exact) mass is 388 g/mol. The molecule has 2 heterocycles. The van der Waals surface area contributed by atoms with E-state index in [1.165, 1.54) is 0 Å². The molecule has 0 atom stereocenters. The summed E-state index contributed by atoms with van der Waals surface area (Å²) >= 11 is 6.70. The number of likely N-dealkylation sites (N-methyl/N-ethyl adjacent to an activating group) is 1. The fourth-order valence-corrected chi connectivity index (χ4v) is 4.32. The summed E-state index contributed by atoms with van der Waals surface area (Å²) in [6.45, 7) is 0. The lowest BCUT2D eigenvalue weighted by Gasteiger charge is -2.08. The van der Waals surface area contributed by atoms with Gasteiger partial charge in [-0.25, -0.2) is 0 Å². The van der Waals surface area contributed by atoms with Crippen molar-refractivity contribution in [2.75, 3.05) is 11.9 Å². The van der Waals surface area contributed by atoms with Crippen LogP contribution in [0.5, 0.6) is 5.75 Å². The van der Waals surface area contributed by atoms with Crippen molar-refractivity contribution in [1.29, 1.82) is 0 Å². The lowest BCUT2D eigenvalue weighted by molar-refractivity contribution is -0.112. The zero-order valence-corrected chi connectivity index (χ0v) is 16.2. The highest BCUT2D eigenvalue weighted by atomic mass is 35.5. The van der Waals surface area contributed by atoms with Crippen LogP contribution in [0.2, 0.25) is 5.15 Å². The molecule has 1 N–H and O–H groups in total. The van der Waals surface area contributed by atoms with E-state index in [1.54, 1.807) is 30.1 Å². The molecule has 0 saturated heterocycles. The van der Waals surface area contributed by atoms with E-state index in [0.29, 0.717) is 16.3 Å². The topological polar surface area (TPSA) is 45.5 Å². The summed E-state index contributed by atoms with van der Waals surface area (Å²) in [7, 11) is 3.67.